The number of halogens is 3. The van der Waals surface area contributed by atoms with Crippen molar-refractivity contribution < 1.29 is 13.2 Å². The van der Waals surface area contributed by atoms with Gasteiger partial charge in [0.1, 0.15) is 0 Å². The second-order valence-electron chi connectivity index (χ2n) is 4.72. The zero-order valence-electron chi connectivity index (χ0n) is 12.2. The van der Waals surface area contributed by atoms with Crippen molar-refractivity contribution in [2.45, 2.75) is 6.54 Å². The highest BCUT2D eigenvalue weighted by atomic mass is 19.2. The molecule has 2 N–H and O–H groups in total. The molecule has 0 aliphatic heterocycles. The molecule has 0 aliphatic rings. The van der Waals surface area contributed by atoms with Crippen molar-refractivity contribution in [1.82, 2.24) is 20.2 Å². The van der Waals surface area contributed by atoms with Gasteiger partial charge in [0.15, 0.2) is 23.3 Å². The third-order valence-corrected chi connectivity index (χ3v) is 3.06. The monoisotopic (exact) mass is 332 g/mol. The quantitative estimate of drug-likeness (QED) is 0.700. The fraction of sp³-hybridized carbons (Fsp3) is 0.0667. The van der Waals surface area contributed by atoms with Crippen LogP contribution in [0.3, 0.4) is 0 Å². The molecular formula is C15H11F3N6. The van der Waals surface area contributed by atoms with Gasteiger partial charge in [-0.15, -0.1) is 5.10 Å². The number of hydrogen-bond donors (Lipinski definition) is 2. The maximum Gasteiger partial charge on any atom is 0.249 e. The molecule has 1 aromatic carbocycles. The van der Waals surface area contributed by atoms with E-state index in [4.69, 9.17) is 0 Å². The molecule has 0 saturated carbocycles. The van der Waals surface area contributed by atoms with E-state index in [-0.39, 0.29) is 11.6 Å². The van der Waals surface area contributed by atoms with Crippen LogP contribution in [0.4, 0.5) is 30.6 Å². The lowest BCUT2D eigenvalue weighted by Gasteiger charge is -2.08. The second-order valence-corrected chi connectivity index (χ2v) is 4.72. The van der Waals surface area contributed by atoms with Gasteiger partial charge in [0.05, 0.1) is 11.9 Å². The van der Waals surface area contributed by atoms with Gasteiger partial charge in [0.25, 0.3) is 0 Å². The van der Waals surface area contributed by atoms with Crippen LogP contribution in [0.15, 0.2) is 42.9 Å². The molecule has 2 aromatic heterocycles. The van der Waals surface area contributed by atoms with Crippen molar-refractivity contribution in [3.05, 3.63) is 65.9 Å². The van der Waals surface area contributed by atoms with E-state index in [9.17, 15) is 13.2 Å². The largest absolute Gasteiger partial charge is 0.365 e. The molecule has 6 nitrogen and oxygen atoms in total. The molecule has 0 atom stereocenters. The van der Waals surface area contributed by atoms with Crippen LogP contribution in [0.5, 0.6) is 0 Å². The van der Waals surface area contributed by atoms with Crippen molar-refractivity contribution in [2.75, 3.05) is 10.6 Å². The molecule has 3 rings (SSSR count). The Bertz CT molecular complexity index is 844. The Morgan fingerprint density at radius 3 is 2.54 bits per heavy atom. The van der Waals surface area contributed by atoms with Crippen LogP contribution >= 0.6 is 0 Å². The minimum Gasteiger partial charge on any atom is -0.365 e. The van der Waals surface area contributed by atoms with Crippen LogP contribution in [-0.4, -0.2) is 20.2 Å². The maximum atomic E-state index is 13.6. The Hall–Kier alpha value is -3.23. The lowest BCUT2D eigenvalue weighted by Crippen LogP contribution is -2.07. The highest BCUT2D eigenvalue weighted by Crippen LogP contribution is 2.22. The van der Waals surface area contributed by atoms with Crippen LogP contribution in [-0.2, 0) is 6.54 Å². The highest BCUT2D eigenvalue weighted by molar-refractivity contribution is 5.55. The van der Waals surface area contributed by atoms with Gasteiger partial charge < -0.3 is 10.6 Å². The average Bonchev–Trinajstić information content (AvgIpc) is 2.62. The summed E-state index contributed by atoms with van der Waals surface area (Å²) >= 11 is 0. The lowest BCUT2D eigenvalue weighted by atomic mass is 10.3. The first kappa shape index (κ1) is 15.7. The summed E-state index contributed by atoms with van der Waals surface area (Å²) in [4.78, 5) is 8.00. The summed E-state index contributed by atoms with van der Waals surface area (Å²) in [5.41, 5.74) is 0.687. The first-order chi connectivity index (χ1) is 11.6. The third-order valence-electron chi connectivity index (χ3n) is 3.06. The van der Waals surface area contributed by atoms with Crippen LogP contribution < -0.4 is 10.6 Å². The number of pyridine rings is 1. The van der Waals surface area contributed by atoms with E-state index >= 15 is 0 Å². The molecule has 9 heteroatoms. The molecule has 0 radical (unpaired) electrons. The van der Waals surface area contributed by atoms with Crippen LogP contribution in [0.25, 0.3) is 0 Å². The average molecular weight is 332 g/mol. The Kier molecular flexibility index (Phi) is 4.50. The molecule has 0 unspecified atom stereocenters. The number of hydrogen-bond acceptors (Lipinski definition) is 6. The van der Waals surface area contributed by atoms with Crippen LogP contribution in [0.2, 0.25) is 0 Å². The van der Waals surface area contributed by atoms with E-state index in [2.05, 4.69) is 30.8 Å². The van der Waals surface area contributed by atoms with E-state index in [1.54, 1.807) is 12.4 Å². The zero-order chi connectivity index (χ0) is 16.9. The molecule has 0 fully saturated rings. The summed E-state index contributed by atoms with van der Waals surface area (Å²) in [6, 6.07) is 5.52. The predicted octanol–water partition coefficient (Wildman–Crippen LogP) is 3.04. The number of benzene rings is 1. The van der Waals surface area contributed by atoms with E-state index in [1.807, 2.05) is 12.1 Å². The van der Waals surface area contributed by atoms with Gasteiger partial charge in [-0.2, -0.15) is 10.1 Å². The molecular weight excluding hydrogens is 321 g/mol. The third kappa shape index (κ3) is 3.57. The van der Waals surface area contributed by atoms with Gasteiger partial charge in [-0.25, -0.2) is 13.2 Å². The van der Waals surface area contributed by atoms with Gasteiger partial charge in [-0.05, 0) is 29.8 Å². The van der Waals surface area contributed by atoms with Crippen molar-refractivity contribution in [3.63, 3.8) is 0 Å². The standard InChI is InChI=1S/C15H11F3N6/c16-10-1-2-11(14(18)13(10)17)22-15-23-12(8-21-24-15)20-7-9-3-5-19-6-4-9/h1-6,8H,7H2,(H2,20,22,23,24). The number of rotatable bonds is 5. The molecule has 2 heterocycles. The molecule has 0 spiro atoms. The Morgan fingerprint density at radius 1 is 0.958 bits per heavy atom. The number of anilines is 3. The number of nitrogens with one attached hydrogen (secondary N) is 2. The summed E-state index contributed by atoms with van der Waals surface area (Å²) in [7, 11) is 0. The van der Waals surface area contributed by atoms with Crippen LogP contribution in [0, 0.1) is 17.5 Å². The Balaban J connectivity index is 1.73. The van der Waals surface area contributed by atoms with Crippen LogP contribution in [0.1, 0.15) is 5.56 Å². The summed E-state index contributed by atoms with van der Waals surface area (Å²) in [5, 5.41) is 12.9. The molecule has 0 amide bonds. The fourth-order valence-corrected chi connectivity index (χ4v) is 1.88. The normalized spacial score (nSPS) is 10.5. The molecule has 3 aromatic rings. The van der Waals surface area contributed by atoms with Gasteiger partial charge in [0.2, 0.25) is 5.95 Å². The first-order valence-corrected chi connectivity index (χ1v) is 6.86. The van der Waals surface area contributed by atoms with E-state index in [0.29, 0.717) is 12.4 Å². The van der Waals surface area contributed by atoms with Crippen molar-refractivity contribution in [2.24, 2.45) is 0 Å². The van der Waals surface area contributed by atoms with Gasteiger partial charge >= 0.3 is 0 Å². The summed E-state index contributed by atoms with van der Waals surface area (Å²) in [6.07, 6.45) is 4.70. The van der Waals surface area contributed by atoms with Gasteiger partial charge in [-0.3, -0.25) is 4.98 Å². The van der Waals surface area contributed by atoms with Crippen molar-refractivity contribution in [3.8, 4) is 0 Å². The fourth-order valence-electron chi connectivity index (χ4n) is 1.88. The number of nitrogens with zero attached hydrogens (tertiary/aromatic N) is 4. The highest BCUT2D eigenvalue weighted by Gasteiger charge is 2.14. The molecule has 0 aliphatic carbocycles. The number of aromatic nitrogens is 4. The van der Waals surface area contributed by atoms with Gasteiger partial charge in [-0.1, -0.05) is 0 Å². The van der Waals surface area contributed by atoms with Crippen molar-refractivity contribution in [1.29, 1.82) is 0 Å². The molecule has 0 bridgehead atoms. The molecule has 0 saturated heterocycles. The predicted molar refractivity (Wildman–Crippen MR) is 81.0 cm³/mol. The summed E-state index contributed by atoms with van der Waals surface area (Å²) in [6.45, 7) is 0.472. The molecule has 122 valence electrons. The zero-order valence-corrected chi connectivity index (χ0v) is 12.2. The molecule has 24 heavy (non-hydrogen) atoms. The summed E-state index contributed by atoms with van der Waals surface area (Å²) in [5.74, 6) is -3.87. The smallest absolute Gasteiger partial charge is 0.249 e. The first-order valence-electron chi connectivity index (χ1n) is 6.86. The Labute approximate surface area is 134 Å². The topological polar surface area (TPSA) is 75.6 Å². The van der Waals surface area contributed by atoms with E-state index < -0.39 is 17.5 Å². The minimum atomic E-state index is -1.57. The lowest BCUT2D eigenvalue weighted by molar-refractivity contribution is 0.449. The van der Waals surface area contributed by atoms with Crippen molar-refractivity contribution >= 4 is 17.5 Å². The summed E-state index contributed by atoms with van der Waals surface area (Å²) < 4.78 is 39.8. The van der Waals surface area contributed by atoms with Gasteiger partial charge in [0, 0.05) is 18.9 Å². The van der Waals surface area contributed by atoms with E-state index in [0.717, 1.165) is 17.7 Å². The Morgan fingerprint density at radius 2 is 1.75 bits per heavy atom. The maximum absolute atomic E-state index is 13.6. The SMILES string of the molecule is Fc1ccc(Nc2nncc(NCc3ccncc3)n2)c(F)c1F. The second kappa shape index (κ2) is 6.90. The minimum absolute atomic E-state index is 0.0559. The van der Waals surface area contributed by atoms with E-state index in [1.165, 1.54) is 6.20 Å².